The average molecular weight is 287 g/mol. The van der Waals surface area contributed by atoms with E-state index in [1.165, 1.54) is 0 Å². The first-order valence-electron chi connectivity index (χ1n) is 7.09. The summed E-state index contributed by atoms with van der Waals surface area (Å²) >= 11 is 0. The number of aliphatic hydroxyl groups excluding tert-OH is 1. The van der Waals surface area contributed by atoms with E-state index in [9.17, 15) is 9.90 Å². The lowest BCUT2D eigenvalue weighted by Gasteiger charge is -2.16. The summed E-state index contributed by atoms with van der Waals surface area (Å²) in [6.45, 7) is -0.0620. The second-order valence-corrected chi connectivity index (χ2v) is 5.16. The number of carbonyl (C=O) groups is 1. The number of nitrogens with one attached hydrogen (secondary N) is 1. The highest BCUT2D eigenvalue weighted by atomic mass is 16.3. The Balaban J connectivity index is 1.79. The molecule has 0 saturated heterocycles. The predicted molar refractivity (Wildman–Crippen MR) is 80.7 cm³/mol. The molecule has 0 spiro atoms. The van der Waals surface area contributed by atoms with Gasteiger partial charge in [0.1, 0.15) is 0 Å². The van der Waals surface area contributed by atoms with Gasteiger partial charge in [0.25, 0.3) is 0 Å². The number of hydrogen-bond donors (Lipinski definition) is 2. The van der Waals surface area contributed by atoms with Crippen LogP contribution in [-0.4, -0.2) is 33.4 Å². The van der Waals surface area contributed by atoms with Gasteiger partial charge in [-0.15, -0.1) is 0 Å². The lowest BCUT2D eigenvalue weighted by molar-refractivity contribution is -0.122. The van der Waals surface area contributed by atoms with E-state index in [4.69, 9.17) is 0 Å². The monoisotopic (exact) mass is 287 g/mol. The van der Waals surface area contributed by atoms with E-state index in [0.717, 1.165) is 11.1 Å². The Bertz CT molecular complexity index is 566. The van der Waals surface area contributed by atoms with Crippen molar-refractivity contribution in [3.8, 4) is 0 Å². The maximum Gasteiger partial charge on any atom is 0.220 e. The number of amides is 1. The summed E-state index contributed by atoms with van der Waals surface area (Å²) in [5.74, 6) is -0.0474. The van der Waals surface area contributed by atoms with E-state index in [1.807, 2.05) is 43.6 Å². The van der Waals surface area contributed by atoms with Gasteiger partial charge in [0.05, 0.1) is 18.8 Å². The van der Waals surface area contributed by atoms with Crippen molar-refractivity contribution in [2.45, 2.75) is 25.3 Å². The van der Waals surface area contributed by atoms with Crippen molar-refractivity contribution < 1.29 is 9.90 Å². The molecule has 0 radical (unpaired) electrons. The van der Waals surface area contributed by atoms with Crippen LogP contribution in [0.3, 0.4) is 0 Å². The van der Waals surface area contributed by atoms with E-state index in [0.29, 0.717) is 19.3 Å². The molecule has 0 aliphatic carbocycles. The maximum absolute atomic E-state index is 11.9. The first kappa shape index (κ1) is 15.3. The third-order valence-corrected chi connectivity index (χ3v) is 3.31. The molecular formula is C16H21N3O2. The van der Waals surface area contributed by atoms with Gasteiger partial charge in [-0.2, -0.15) is 5.10 Å². The molecule has 1 aromatic heterocycles. The minimum Gasteiger partial charge on any atom is -0.394 e. The number of benzene rings is 1. The number of aryl methyl sites for hydroxylation is 2. The van der Waals surface area contributed by atoms with Crippen LogP contribution < -0.4 is 5.32 Å². The molecule has 0 aliphatic rings. The molecule has 112 valence electrons. The molecule has 2 rings (SSSR count). The summed E-state index contributed by atoms with van der Waals surface area (Å²) in [6.07, 6.45) is 5.36. The minimum atomic E-state index is -0.242. The molecule has 1 unspecified atom stereocenters. The van der Waals surface area contributed by atoms with E-state index in [2.05, 4.69) is 10.4 Å². The number of nitrogens with zero attached hydrogens (tertiary/aromatic N) is 2. The Hall–Kier alpha value is -2.14. The lowest BCUT2D eigenvalue weighted by atomic mass is 10.1. The quantitative estimate of drug-likeness (QED) is 0.800. The summed E-state index contributed by atoms with van der Waals surface area (Å²) in [5.41, 5.74) is 2.14. The number of carbonyl (C=O) groups excluding carboxylic acids is 1. The molecule has 0 bridgehead atoms. The molecule has 1 heterocycles. The van der Waals surface area contributed by atoms with Gasteiger partial charge in [0.15, 0.2) is 0 Å². The highest BCUT2D eigenvalue weighted by Gasteiger charge is 2.12. The Kier molecular flexibility index (Phi) is 5.51. The number of aromatic nitrogens is 2. The van der Waals surface area contributed by atoms with Crippen LogP contribution in [-0.2, 0) is 24.7 Å². The Labute approximate surface area is 124 Å². The molecule has 0 saturated carbocycles. The third-order valence-electron chi connectivity index (χ3n) is 3.31. The molecule has 2 N–H and O–H groups in total. The Morgan fingerprint density at radius 1 is 1.33 bits per heavy atom. The molecule has 21 heavy (non-hydrogen) atoms. The van der Waals surface area contributed by atoms with Crippen molar-refractivity contribution >= 4 is 5.91 Å². The van der Waals surface area contributed by atoms with Gasteiger partial charge >= 0.3 is 0 Å². The fourth-order valence-electron chi connectivity index (χ4n) is 2.22. The highest BCUT2D eigenvalue weighted by molar-refractivity contribution is 5.76. The van der Waals surface area contributed by atoms with Gasteiger partial charge in [-0.1, -0.05) is 30.3 Å². The van der Waals surface area contributed by atoms with Crippen LogP contribution in [0.25, 0.3) is 0 Å². The molecular weight excluding hydrogens is 266 g/mol. The van der Waals surface area contributed by atoms with Crippen molar-refractivity contribution in [1.82, 2.24) is 15.1 Å². The molecule has 2 aromatic rings. The summed E-state index contributed by atoms with van der Waals surface area (Å²) in [6, 6.07) is 9.59. The number of rotatable bonds is 7. The first-order chi connectivity index (χ1) is 10.2. The topological polar surface area (TPSA) is 67.2 Å². The van der Waals surface area contributed by atoms with Crippen LogP contribution in [0.5, 0.6) is 0 Å². The second-order valence-electron chi connectivity index (χ2n) is 5.16. The van der Waals surface area contributed by atoms with Crippen LogP contribution in [0.2, 0.25) is 0 Å². The summed E-state index contributed by atoms with van der Waals surface area (Å²) in [4.78, 5) is 11.9. The minimum absolute atomic E-state index is 0.0474. The molecule has 0 aliphatic heterocycles. The third kappa shape index (κ3) is 5.04. The zero-order chi connectivity index (χ0) is 15.1. The van der Waals surface area contributed by atoms with Crippen molar-refractivity contribution in [3.63, 3.8) is 0 Å². The van der Waals surface area contributed by atoms with E-state index in [-0.39, 0.29) is 18.6 Å². The molecule has 1 amide bonds. The zero-order valence-corrected chi connectivity index (χ0v) is 12.2. The number of aliphatic hydroxyl groups is 1. The normalized spacial score (nSPS) is 12.1. The SMILES string of the molecule is Cn1cc(CCC(=O)NC(CO)Cc2ccccc2)cn1. The van der Waals surface area contributed by atoms with Crippen LogP contribution in [0.4, 0.5) is 0 Å². The Morgan fingerprint density at radius 3 is 2.71 bits per heavy atom. The fraction of sp³-hybridized carbons (Fsp3) is 0.375. The predicted octanol–water partition coefficient (Wildman–Crippen LogP) is 1.07. The van der Waals surface area contributed by atoms with Gasteiger partial charge in [0.2, 0.25) is 5.91 Å². The Morgan fingerprint density at radius 2 is 2.10 bits per heavy atom. The van der Waals surface area contributed by atoms with Crippen LogP contribution in [0.1, 0.15) is 17.5 Å². The van der Waals surface area contributed by atoms with Gasteiger partial charge in [-0.05, 0) is 24.0 Å². The summed E-state index contributed by atoms with van der Waals surface area (Å²) < 4.78 is 1.72. The van der Waals surface area contributed by atoms with Crippen molar-refractivity contribution in [2.75, 3.05) is 6.61 Å². The van der Waals surface area contributed by atoms with Crippen molar-refractivity contribution in [1.29, 1.82) is 0 Å². The largest absolute Gasteiger partial charge is 0.394 e. The molecule has 0 fully saturated rings. The van der Waals surface area contributed by atoms with Gasteiger partial charge in [-0.3, -0.25) is 9.48 Å². The molecule has 1 atom stereocenters. The highest BCUT2D eigenvalue weighted by Crippen LogP contribution is 2.04. The second kappa shape index (κ2) is 7.59. The lowest BCUT2D eigenvalue weighted by Crippen LogP contribution is -2.39. The first-order valence-corrected chi connectivity index (χ1v) is 7.09. The van der Waals surface area contributed by atoms with Crippen molar-refractivity contribution in [2.24, 2.45) is 7.05 Å². The standard InChI is InChI=1S/C16H21N3O2/c1-19-11-14(10-17-19)7-8-16(21)18-15(12-20)9-13-5-3-2-4-6-13/h2-6,10-11,15,20H,7-9,12H2,1H3,(H,18,21). The summed E-state index contributed by atoms with van der Waals surface area (Å²) in [7, 11) is 1.85. The van der Waals surface area contributed by atoms with E-state index < -0.39 is 0 Å². The maximum atomic E-state index is 11.9. The van der Waals surface area contributed by atoms with Gasteiger partial charge in [-0.25, -0.2) is 0 Å². The van der Waals surface area contributed by atoms with E-state index in [1.54, 1.807) is 10.9 Å². The average Bonchev–Trinajstić information content (AvgIpc) is 2.91. The summed E-state index contributed by atoms with van der Waals surface area (Å²) in [5, 5.41) is 16.3. The molecule has 1 aromatic carbocycles. The van der Waals surface area contributed by atoms with Crippen LogP contribution in [0, 0.1) is 0 Å². The molecule has 5 heteroatoms. The van der Waals surface area contributed by atoms with Crippen molar-refractivity contribution in [3.05, 3.63) is 53.9 Å². The zero-order valence-electron chi connectivity index (χ0n) is 12.2. The van der Waals surface area contributed by atoms with Gasteiger partial charge < -0.3 is 10.4 Å². The fourth-order valence-corrected chi connectivity index (χ4v) is 2.22. The van der Waals surface area contributed by atoms with Gasteiger partial charge in [0, 0.05) is 19.7 Å². The molecule has 5 nitrogen and oxygen atoms in total. The van der Waals surface area contributed by atoms with Crippen LogP contribution in [0.15, 0.2) is 42.7 Å². The van der Waals surface area contributed by atoms with E-state index >= 15 is 0 Å². The van der Waals surface area contributed by atoms with Crippen LogP contribution >= 0.6 is 0 Å². The smallest absolute Gasteiger partial charge is 0.220 e. The number of hydrogen-bond acceptors (Lipinski definition) is 3.